The predicted molar refractivity (Wildman–Crippen MR) is 272 cm³/mol. The lowest BCUT2D eigenvalue weighted by molar-refractivity contribution is 1.30. The quantitative estimate of drug-likeness (QED) is 0.122. The fourth-order valence-electron chi connectivity index (χ4n) is 10.3. The molecule has 0 unspecified atom stereocenters. The van der Waals surface area contributed by atoms with E-state index in [0.717, 1.165) is 22.7 Å². The summed E-state index contributed by atoms with van der Waals surface area (Å²) < 4.78 is 5.21. The van der Waals surface area contributed by atoms with Gasteiger partial charge in [0.05, 0.1) is 11.4 Å². The average molecular weight is 827 g/mol. The van der Waals surface area contributed by atoms with Crippen molar-refractivity contribution in [1.29, 1.82) is 0 Å². The first-order valence-corrected chi connectivity index (χ1v) is 22.9. The summed E-state index contributed by atoms with van der Waals surface area (Å²) in [6.45, 7) is 4.60. The number of anilines is 6. The molecule has 0 saturated heterocycles. The van der Waals surface area contributed by atoms with Crippen LogP contribution in [0, 0.1) is 13.8 Å². The Labute approximate surface area is 367 Å². The Morgan fingerprint density at radius 2 is 0.694 bits per heavy atom. The fourth-order valence-corrected chi connectivity index (χ4v) is 12.6. The maximum Gasteiger partial charge on any atom is 0.0549 e. The number of hydrogen-bond acceptors (Lipinski definition) is 4. The normalized spacial score (nSPS) is 12.0. The molecule has 2 aromatic heterocycles. The summed E-state index contributed by atoms with van der Waals surface area (Å²) in [5, 5.41) is 15.5. The minimum absolute atomic E-state index is 1.13. The van der Waals surface area contributed by atoms with Gasteiger partial charge in [-0.25, -0.2) is 0 Å². The van der Waals surface area contributed by atoms with Crippen molar-refractivity contribution >= 4 is 140 Å². The van der Waals surface area contributed by atoms with Gasteiger partial charge in [0, 0.05) is 84.6 Å². The third-order valence-corrected chi connectivity index (χ3v) is 15.2. The molecule has 0 amide bonds. The van der Waals surface area contributed by atoms with Crippen LogP contribution in [-0.4, -0.2) is 0 Å². The van der Waals surface area contributed by atoms with Crippen LogP contribution in [0.25, 0.3) is 83.4 Å². The maximum atomic E-state index is 2.50. The smallest absolute Gasteiger partial charge is 0.0549 e. The zero-order chi connectivity index (χ0) is 41.1. The van der Waals surface area contributed by atoms with E-state index < -0.39 is 0 Å². The standard InChI is InChI=1S/C58H38N2S2/c1-35-31-50(60(38-17-7-4-8-18-38)40-26-28-45-43-20-12-14-24-52(43)62-54(45)34-40)56-47-22-10-9-21-46(47)55-36(2)32-49(48-30-29-41(35)57(56)58(48)55)59(37-15-5-3-6-16-37)39-25-27-44-42-19-11-13-23-51(42)61-53(44)33-39/h3-34H,1-2H3. The molecule has 0 radical (unpaired) electrons. The molecule has 0 spiro atoms. The monoisotopic (exact) mass is 826 g/mol. The largest absolute Gasteiger partial charge is 0.310 e. The Bertz CT molecular complexity index is 3900. The Hall–Kier alpha value is -7.24. The molecule has 0 bridgehead atoms. The molecule has 0 saturated carbocycles. The molecule has 4 heteroatoms. The highest BCUT2D eigenvalue weighted by atomic mass is 32.1. The van der Waals surface area contributed by atoms with Gasteiger partial charge >= 0.3 is 0 Å². The minimum Gasteiger partial charge on any atom is -0.310 e. The lowest BCUT2D eigenvalue weighted by Crippen LogP contribution is -2.12. The molecular weight excluding hydrogens is 789 g/mol. The summed E-state index contributed by atoms with van der Waals surface area (Å²) >= 11 is 3.74. The topological polar surface area (TPSA) is 6.48 Å². The van der Waals surface area contributed by atoms with E-state index in [1.54, 1.807) is 0 Å². The van der Waals surface area contributed by atoms with Gasteiger partial charge in [-0.1, -0.05) is 121 Å². The lowest BCUT2D eigenvalue weighted by Gasteiger charge is -2.31. The van der Waals surface area contributed by atoms with Gasteiger partial charge in [0.2, 0.25) is 0 Å². The first-order chi connectivity index (χ1) is 30.6. The van der Waals surface area contributed by atoms with Crippen LogP contribution in [0.5, 0.6) is 0 Å². The fraction of sp³-hybridized carbons (Fsp3) is 0.0345. The van der Waals surface area contributed by atoms with E-state index in [2.05, 4.69) is 218 Å². The highest BCUT2D eigenvalue weighted by molar-refractivity contribution is 7.26. The van der Waals surface area contributed by atoms with Crippen molar-refractivity contribution in [1.82, 2.24) is 0 Å². The molecule has 13 aromatic rings. The van der Waals surface area contributed by atoms with E-state index in [1.807, 2.05) is 22.7 Å². The minimum atomic E-state index is 1.13. The molecular formula is C58H38N2S2. The predicted octanol–water partition coefficient (Wildman–Crippen LogP) is 18.0. The van der Waals surface area contributed by atoms with E-state index in [1.165, 1.54) is 106 Å². The van der Waals surface area contributed by atoms with E-state index >= 15 is 0 Å². The van der Waals surface area contributed by atoms with Crippen LogP contribution in [0.2, 0.25) is 0 Å². The molecule has 0 aliphatic carbocycles. The second kappa shape index (κ2) is 13.6. The summed E-state index contributed by atoms with van der Waals surface area (Å²) in [7, 11) is 0. The van der Waals surface area contributed by atoms with Crippen molar-refractivity contribution in [3.8, 4) is 0 Å². The molecule has 292 valence electrons. The number of nitrogens with zero attached hydrogens (tertiary/aromatic N) is 2. The van der Waals surface area contributed by atoms with Gasteiger partial charge in [0.15, 0.2) is 0 Å². The van der Waals surface area contributed by atoms with E-state index in [-0.39, 0.29) is 0 Å². The Morgan fingerprint density at radius 1 is 0.274 bits per heavy atom. The van der Waals surface area contributed by atoms with Crippen molar-refractivity contribution in [2.24, 2.45) is 0 Å². The van der Waals surface area contributed by atoms with E-state index in [4.69, 9.17) is 0 Å². The van der Waals surface area contributed by atoms with Gasteiger partial charge in [-0.3, -0.25) is 0 Å². The molecule has 0 atom stereocenters. The van der Waals surface area contributed by atoms with Crippen molar-refractivity contribution < 1.29 is 0 Å². The van der Waals surface area contributed by atoms with Gasteiger partial charge in [-0.2, -0.15) is 0 Å². The van der Waals surface area contributed by atoms with Crippen LogP contribution in [0.4, 0.5) is 34.1 Å². The zero-order valence-electron chi connectivity index (χ0n) is 34.2. The summed E-state index contributed by atoms with van der Waals surface area (Å²) in [4.78, 5) is 4.98. The van der Waals surface area contributed by atoms with Crippen molar-refractivity contribution in [3.63, 3.8) is 0 Å². The first kappa shape index (κ1) is 35.5. The molecule has 62 heavy (non-hydrogen) atoms. The Morgan fingerprint density at radius 3 is 1.27 bits per heavy atom. The second-order valence-corrected chi connectivity index (χ2v) is 18.7. The summed E-state index contributed by atoms with van der Waals surface area (Å²) in [5.74, 6) is 0. The highest BCUT2D eigenvalue weighted by Crippen LogP contribution is 2.53. The molecule has 0 aliphatic heterocycles. The van der Waals surface area contributed by atoms with E-state index in [9.17, 15) is 0 Å². The van der Waals surface area contributed by atoms with Crippen LogP contribution < -0.4 is 9.80 Å². The van der Waals surface area contributed by atoms with Gasteiger partial charge in [-0.05, 0) is 119 Å². The number of thiophene rings is 2. The molecule has 0 fully saturated rings. The van der Waals surface area contributed by atoms with Crippen LogP contribution in [0.3, 0.4) is 0 Å². The number of rotatable bonds is 6. The SMILES string of the molecule is Cc1cc(N(c2ccccc2)c2ccc3c(c2)sc2ccccc23)c2c3ccccc3c3c(C)cc(N(c4ccccc4)c4ccc5c(c4)sc4ccccc45)c4ccc1c2c43. The molecule has 0 aliphatic rings. The Kier molecular flexibility index (Phi) is 7.81. The molecule has 0 N–H and O–H groups in total. The number of fused-ring (bicyclic) bond motifs is 9. The van der Waals surface area contributed by atoms with Gasteiger partial charge in [0.25, 0.3) is 0 Å². The third-order valence-electron chi connectivity index (χ3n) is 13.0. The molecule has 2 nitrogen and oxygen atoms in total. The number of para-hydroxylation sites is 2. The van der Waals surface area contributed by atoms with Crippen LogP contribution >= 0.6 is 22.7 Å². The summed E-state index contributed by atoms with van der Waals surface area (Å²) in [6, 6.07) is 72.2. The second-order valence-electron chi connectivity index (χ2n) is 16.5. The van der Waals surface area contributed by atoms with Gasteiger partial charge < -0.3 is 9.80 Å². The first-order valence-electron chi connectivity index (χ1n) is 21.3. The summed E-state index contributed by atoms with van der Waals surface area (Å²) in [6.07, 6.45) is 0. The zero-order valence-corrected chi connectivity index (χ0v) is 35.8. The molecule has 2 heterocycles. The lowest BCUT2D eigenvalue weighted by atomic mass is 9.84. The maximum absolute atomic E-state index is 2.50. The van der Waals surface area contributed by atoms with Gasteiger partial charge in [-0.15, -0.1) is 22.7 Å². The number of hydrogen-bond donors (Lipinski definition) is 0. The van der Waals surface area contributed by atoms with Crippen LogP contribution in [-0.2, 0) is 0 Å². The van der Waals surface area contributed by atoms with Crippen molar-refractivity contribution in [2.45, 2.75) is 13.8 Å². The third kappa shape index (κ3) is 5.21. The van der Waals surface area contributed by atoms with Crippen molar-refractivity contribution in [2.75, 3.05) is 9.80 Å². The summed E-state index contributed by atoms with van der Waals surface area (Å²) in [5.41, 5.74) is 9.46. The molecule has 11 aromatic carbocycles. The molecule has 13 rings (SSSR count). The van der Waals surface area contributed by atoms with Crippen LogP contribution in [0.15, 0.2) is 194 Å². The average Bonchev–Trinajstić information content (AvgIpc) is 3.88. The van der Waals surface area contributed by atoms with Crippen molar-refractivity contribution in [3.05, 3.63) is 205 Å². The number of benzene rings is 11. The number of aryl methyl sites for hydroxylation is 2. The van der Waals surface area contributed by atoms with Gasteiger partial charge in [0.1, 0.15) is 0 Å². The highest BCUT2D eigenvalue weighted by Gasteiger charge is 2.26. The van der Waals surface area contributed by atoms with Crippen LogP contribution in [0.1, 0.15) is 11.1 Å². The Balaban J connectivity index is 1.13. The van der Waals surface area contributed by atoms with E-state index in [0.29, 0.717) is 0 Å².